The molecule has 1 saturated heterocycles. The van der Waals surface area contributed by atoms with E-state index in [4.69, 9.17) is 0 Å². The maximum Gasteiger partial charge on any atom is 0.332 e. The van der Waals surface area contributed by atoms with Gasteiger partial charge in [-0.15, -0.1) is 0 Å². The Kier molecular flexibility index (Phi) is 4.50. The van der Waals surface area contributed by atoms with Crippen LogP contribution in [0.5, 0.6) is 0 Å². The molecule has 28 heavy (non-hydrogen) atoms. The van der Waals surface area contributed by atoms with Gasteiger partial charge >= 0.3 is 5.69 Å². The minimum Gasteiger partial charge on any atom is -0.356 e. The molecule has 0 saturated carbocycles. The van der Waals surface area contributed by atoms with Gasteiger partial charge in [0.05, 0.1) is 11.7 Å². The molecule has 1 aliphatic heterocycles. The summed E-state index contributed by atoms with van der Waals surface area (Å²) in [5.74, 6) is 0.460. The summed E-state index contributed by atoms with van der Waals surface area (Å²) in [6.07, 6.45) is 2.49. The number of benzene rings is 1. The average Bonchev–Trinajstić information content (AvgIpc) is 3.30. The number of hydrogen-bond acceptors (Lipinski definition) is 5. The second-order valence-electron chi connectivity index (χ2n) is 7.10. The Hall–Kier alpha value is -3.36. The highest BCUT2D eigenvalue weighted by atomic mass is 16.2. The maximum absolute atomic E-state index is 12.5. The van der Waals surface area contributed by atoms with E-state index in [9.17, 15) is 14.4 Å². The van der Waals surface area contributed by atoms with Crippen molar-refractivity contribution in [2.75, 3.05) is 18.0 Å². The number of aromatic nitrogens is 4. The van der Waals surface area contributed by atoms with E-state index in [2.05, 4.69) is 10.4 Å². The molecule has 0 aliphatic carbocycles. The van der Waals surface area contributed by atoms with E-state index in [1.54, 1.807) is 17.9 Å². The number of fused-ring (bicyclic) bond motifs is 1. The first-order chi connectivity index (χ1) is 13.4. The van der Waals surface area contributed by atoms with Crippen molar-refractivity contribution in [3.63, 3.8) is 0 Å². The molecule has 0 unspecified atom stereocenters. The lowest BCUT2D eigenvalue weighted by Gasteiger charge is -2.21. The van der Waals surface area contributed by atoms with E-state index in [1.807, 2.05) is 29.2 Å². The number of anilines is 1. The summed E-state index contributed by atoms with van der Waals surface area (Å²) in [6.45, 7) is 1.36. The summed E-state index contributed by atoms with van der Waals surface area (Å²) in [5.41, 5.74) is 0.220. The molecule has 0 bridgehead atoms. The molecule has 1 fully saturated rings. The highest BCUT2D eigenvalue weighted by Gasteiger charge is 2.26. The fourth-order valence-electron chi connectivity index (χ4n) is 3.67. The number of hydrogen-bond donors (Lipinski definition) is 1. The Morgan fingerprint density at radius 1 is 1.21 bits per heavy atom. The second-order valence-corrected chi connectivity index (χ2v) is 7.10. The predicted octanol–water partition coefficient (Wildman–Crippen LogP) is -0.171. The molecule has 2 aromatic heterocycles. The third-order valence-corrected chi connectivity index (χ3v) is 5.22. The van der Waals surface area contributed by atoms with E-state index in [-0.39, 0.29) is 29.7 Å². The van der Waals surface area contributed by atoms with Gasteiger partial charge in [0, 0.05) is 44.7 Å². The standard InChI is InChI=1S/C19H22N6O3/c1-22-17(9-18(27)23(2)19(22)28)24-8-7-14(11-24)21-16(26)12-25-15-6-4-3-5-13(15)10-20-25/h3-6,9-10,14H,7-8,11-12H2,1-2H3,(H,21,26)/t14-/m0/s1. The van der Waals surface area contributed by atoms with Crippen LogP contribution in [0, 0.1) is 0 Å². The lowest BCUT2D eigenvalue weighted by molar-refractivity contribution is -0.122. The maximum atomic E-state index is 12.5. The van der Waals surface area contributed by atoms with E-state index >= 15 is 0 Å². The van der Waals surface area contributed by atoms with Gasteiger partial charge in [-0.25, -0.2) is 4.79 Å². The van der Waals surface area contributed by atoms with Crippen LogP contribution in [0.3, 0.4) is 0 Å². The van der Waals surface area contributed by atoms with Crippen LogP contribution in [0.2, 0.25) is 0 Å². The Balaban J connectivity index is 1.43. The molecule has 1 aliphatic rings. The van der Waals surface area contributed by atoms with Crippen molar-refractivity contribution in [3.8, 4) is 0 Å². The van der Waals surface area contributed by atoms with Crippen molar-refractivity contribution in [2.45, 2.75) is 19.0 Å². The van der Waals surface area contributed by atoms with Gasteiger partial charge in [0.15, 0.2) is 0 Å². The zero-order valence-electron chi connectivity index (χ0n) is 15.8. The largest absolute Gasteiger partial charge is 0.356 e. The van der Waals surface area contributed by atoms with Gasteiger partial charge in [0.25, 0.3) is 5.56 Å². The molecule has 9 heteroatoms. The van der Waals surface area contributed by atoms with E-state index in [0.29, 0.717) is 18.9 Å². The van der Waals surface area contributed by atoms with Crippen LogP contribution < -0.4 is 21.5 Å². The van der Waals surface area contributed by atoms with Crippen LogP contribution in [0.15, 0.2) is 46.1 Å². The summed E-state index contributed by atoms with van der Waals surface area (Å²) in [5, 5.41) is 8.31. The van der Waals surface area contributed by atoms with Crippen molar-refractivity contribution in [1.82, 2.24) is 24.2 Å². The molecule has 9 nitrogen and oxygen atoms in total. The van der Waals surface area contributed by atoms with E-state index < -0.39 is 0 Å². The molecule has 1 aromatic carbocycles. The van der Waals surface area contributed by atoms with Crippen molar-refractivity contribution < 1.29 is 4.79 Å². The highest BCUT2D eigenvalue weighted by Crippen LogP contribution is 2.17. The van der Waals surface area contributed by atoms with Crippen LogP contribution in [-0.4, -0.2) is 44.0 Å². The van der Waals surface area contributed by atoms with E-state index in [0.717, 1.165) is 21.9 Å². The van der Waals surface area contributed by atoms with Crippen LogP contribution in [0.1, 0.15) is 6.42 Å². The van der Waals surface area contributed by atoms with Crippen molar-refractivity contribution in [2.24, 2.45) is 14.1 Å². The summed E-state index contributed by atoms with van der Waals surface area (Å²) < 4.78 is 4.22. The van der Waals surface area contributed by atoms with Gasteiger partial charge in [-0.05, 0) is 12.5 Å². The number of carbonyl (C=O) groups is 1. The number of nitrogens with zero attached hydrogens (tertiary/aromatic N) is 5. The minimum atomic E-state index is -0.361. The van der Waals surface area contributed by atoms with Crippen LogP contribution in [0.4, 0.5) is 5.82 Å². The molecule has 146 valence electrons. The Morgan fingerprint density at radius 2 is 2.00 bits per heavy atom. The third kappa shape index (κ3) is 3.19. The minimum absolute atomic E-state index is 0.0477. The van der Waals surface area contributed by atoms with Gasteiger partial charge in [-0.1, -0.05) is 18.2 Å². The van der Waals surface area contributed by atoms with Crippen molar-refractivity contribution in [1.29, 1.82) is 0 Å². The zero-order valence-corrected chi connectivity index (χ0v) is 15.8. The topological polar surface area (TPSA) is 94.2 Å². The van der Waals surface area contributed by atoms with Crippen molar-refractivity contribution in [3.05, 3.63) is 57.4 Å². The zero-order chi connectivity index (χ0) is 19.8. The van der Waals surface area contributed by atoms with Gasteiger partial charge in [0.2, 0.25) is 5.91 Å². The van der Waals surface area contributed by atoms with Crippen LogP contribution in [0.25, 0.3) is 10.9 Å². The lowest BCUT2D eigenvalue weighted by Crippen LogP contribution is -2.42. The van der Waals surface area contributed by atoms with Gasteiger partial charge in [0.1, 0.15) is 12.4 Å². The van der Waals surface area contributed by atoms with Gasteiger partial charge in [-0.2, -0.15) is 5.10 Å². The average molecular weight is 382 g/mol. The Labute approximate surface area is 160 Å². The summed E-state index contributed by atoms with van der Waals surface area (Å²) in [7, 11) is 3.10. The number of para-hydroxylation sites is 1. The van der Waals surface area contributed by atoms with Crippen LogP contribution in [-0.2, 0) is 25.4 Å². The molecule has 1 amide bonds. The Morgan fingerprint density at radius 3 is 2.82 bits per heavy atom. The molecule has 0 spiro atoms. The van der Waals surface area contributed by atoms with Crippen LogP contribution >= 0.6 is 0 Å². The summed E-state index contributed by atoms with van der Waals surface area (Å²) in [4.78, 5) is 38.5. The fourth-order valence-corrected chi connectivity index (χ4v) is 3.67. The monoisotopic (exact) mass is 382 g/mol. The molecular weight excluding hydrogens is 360 g/mol. The molecule has 1 N–H and O–H groups in total. The summed E-state index contributed by atoms with van der Waals surface area (Å²) in [6, 6.07) is 9.16. The first-order valence-corrected chi connectivity index (χ1v) is 9.16. The quantitative estimate of drug-likeness (QED) is 0.676. The summed E-state index contributed by atoms with van der Waals surface area (Å²) >= 11 is 0. The number of rotatable bonds is 4. The van der Waals surface area contributed by atoms with Crippen molar-refractivity contribution >= 4 is 22.6 Å². The highest BCUT2D eigenvalue weighted by molar-refractivity contribution is 5.82. The first kappa shape index (κ1) is 18.0. The number of amides is 1. The predicted molar refractivity (Wildman–Crippen MR) is 105 cm³/mol. The number of nitrogens with one attached hydrogen (secondary N) is 1. The third-order valence-electron chi connectivity index (χ3n) is 5.22. The number of carbonyl (C=O) groups excluding carboxylic acids is 1. The second kappa shape index (κ2) is 6.99. The fraction of sp³-hybridized carbons (Fsp3) is 0.368. The molecule has 4 rings (SSSR count). The van der Waals surface area contributed by atoms with Gasteiger partial charge in [-0.3, -0.25) is 23.4 Å². The molecule has 3 heterocycles. The molecular formula is C19H22N6O3. The lowest BCUT2D eigenvalue weighted by atomic mass is 10.2. The molecule has 3 aromatic rings. The first-order valence-electron chi connectivity index (χ1n) is 9.16. The molecule has 1 atom stereocenters. The van der Waals surface area contributed by atoms with E-state index in [1.165, 1.54) is 17.7 Å². The normalized spacial score (nSPS) is 16.6. The van der Waals surface area contributed by atoms with Gasteiger partial charge < -0.3 is 10.2 Å². The SMILES string of the molecule is Cn1c(N2CC[C@H](NC(=O)Cn3ncc4ccccc43)C2)cc(=O)n(C)c1=O. The molecule has 0 radical (unpaired) electrons. The Bertz CT molecular complexity index is 1160. The smallest absolute Gasteiger partial charge is 0.332 e.